The van der Waals surface area contributed by atoms with Crippen LogP contribution in [0.1, 0.15) is 35.5 Å². The largest absolute Gasteiger partial charge is 0.313 e. The van der Waals surface area contributed by atoms with Gasteiger partial charge in [-0.3, -0.25) is 4.79 Å². The first-order valence-corrected chi connectivity index (χ1v) is 7.45. The lowest BCUT2D eigenvalue weighted by Gasteiger charge is -2.03. The number of nitrogens with zero attached hydrogens (tertiary/aromatic N) is 1. The second-order valence-electron chi connectivity index (χ2n) is 5.30. The zero-order valence-electron chi connectivity index (χ0n) is 12.5. The van der Waals surface area contributed by atoms with Crippen LogP contribution in [-0.2, 0) is 12.8 Å². The van der Waals surface area contributed by atoms with Crippen molar-refractivity contribution in [1.29, 1.82) is 0 Å². The topological polar surface area (TPSA) is 21.5 Å². The van der Waals surface area contributed by atoms with E-state index in [9.17, 15) is 4.79 Å². The lowest BCUT2D eigenvalue weighted by atomic mass is 10.0. The second-order valence-corrected chi connectivity index (χ2v) is 5.30. The molecule has 0 aliphatic rings. The fourth-order valence-corrected chi connectivity index (χ4v) is 2.71. The number of fused-ring (bicyclic) bond motifs is 1. The van der Waals surface area contributed by atoms with E-state index in [1.165, 1.54) is 11.1 Å². The van der Waals surface area contributed by atoms with Gasteiger partial charge in [0.1, 0.15) is 0 Å². The zero-order valence-corrected chi connectivity index (χ0v) is 12.5. The van der Waals surface area contributed by atoms with E-state index in [0.717, 1.165) is 41.5 Å². The highest BCUT2D eigenvalue weighted by molar-refractivity contribution is 5.89. The molecule has 3 aromatic rings. The Labute approximate surface area is 125 Å². The molecule has 0 saturated carbocycles. The minimum Gasteiger partial charge on any atom is -0.313 e. The van der Waals surface area contributed by atoms with E-state index in [0.29, 0.717) is 0 Å². The zero-order chi connectivity index (χ0) is 14.8. The monoisotopic (exact) mass is 277 g/mol. The molecule has 0 unspecified atom stereocenters. The van der Waals surface area contributed by atoms with Crippen LogP contribution in [0.4, 0.5) is 0 Å². The van der Waals surface area contributed by atoms with Crippen LogP contribution in [0.5, 0.6) is 0 Å². The van der Waals surface area contributed by atoms with Gasteiger partial charge in [0.05, 0.1) is 5.69 Å². The van der Waals surface area contributed by atoms with Gasteiger partial charge in [0.15, 0.2) is 6.29 Å². The smallest absolute Gasteiger partial charge is 0.167 e. The van der Waals surface area contributed by atoms with Crippen molar-refractivity contribution in [2.45, 2.75) is 26.7 Å². The Morgan fingerprint density at radius 2 is 1.62 bits per heavy atom. The van der Waals surface area contributed by atoms with Crippen LogP contribution in [0.2, 0.25) is 0 Å². The van der Waals surface area contributed by atoms with Crippen LogP contribution in [0, 0.1) is 0 Å². The molecule has 0 saturated heterocycles. The summed E-state index contributed by atoms with van der Waals surface area (Å²) in [5.74, 6) is 0. The summed E-state index contributed by atoms with van der Waals surface area (Å²) in [4.78, 5) is 11.6. The van der Waals surface area contributed by atoms with Crippen molar-refractivity contribution >= 4 is 11.8 Å². The first-order chi connectivity index (χ1) is 10.3. The Bertz CT molecular complexity index is 781. The number of hydrogen-bond donors (Lipinski definition) is 0. The molecular formula is C19H19NO. The van der Waals surface area contributed by atoms with E-state index in [4.69, 9.17) is 0 Å². The van der Waals surface area contributed by atoms with Gasteiger partial charge in [-0.1, -0.05) is 44.2 Å². The summed E-state index contributed by atoms with van der Waals surface area (Å²) in [6.07, 6.45) is 5.00. The number of benzene rings is 1. The van der Waals surface area contributed by atoms with Crippen LogP contribution in [-0.4, -0.2) is 10.7 Å². The molecule has 0 bridgehead atoms. The van der Waals surface area contributed by atoms with E-state index in [-0.39, 0.29) is 0 Å². The van der Waals surface area contributed by atoms with Crippen LogP contribution >= 0.6 is 0 Å². The summed E-state index contributed by atoms with van der Waals surface area (Å²) < 4.78 is 1.99. The second kappa shape index (κ2) is 5.57. The normalized spacial score (nSPS) is 11.0. The summed E-state index contributed by atoms with van der Waals surface area (Å²) in [7, 11) is 0. The number of carbonyl (C=O) groups excluding carboxylic acids is 1. The number of hydrogen-bond acceptors (Lipinski definition) is 1. The number of aldehydes is 1. The molecule has 3 rings (SSSR count). The molecule has 2 aromatic heterocycles. The van der Waals surface area contributed by atoms with Gasteiger partial charge in [-0.2, -0.15) is 0 Å². The third-order valence-corrected chi connectivity index (χ3v) is 4.06. The quantitative estimate of drug-likeness (QED) is 0.641. The van der Waals surface area contributed by atoms with Crippen molar-refractivity contribution in [2.75, 3.05) is 0 Å². The van der Waals surface area contributed by atoms with E-state index >= 15 is 0 Å². The van der Waals surface area contributed by atoms with Gasteiger partial charge in [-0.05, 0) is 41.7 Å². The molecule has 2 heterocycles. The first kappa shape index (κ1) is 13.6. The molecule has 0 aliphatic carbocycles. The van der Waals surface area contributed by atoms with Gasteiger partial charge < -0.3 is 4.40 Å². The summed E-state index contributed by atoms with van der Waals surface area (Å²) in [5, 5.41) is 0. The van der Waals surface area contributed by atoms with E-state index in [2.05, 4.69) is 62.5 Å². The molecule has 21 heavy (non-hydrogen) atoms. The van der Waals surface area contributed by atoms with Gasteiger partial charge >= 0.3 is 0 Å². The molecule has 0 spiro atoms. The minimum absolute atomic E-state index is 0.726. The standard InChI is InChI=1S/C19H19NO/c1-3-14-5-8-16(9-6-14)18-11-17-10-7-15(4-2)12-20(17)19(18)13-21/h5-13H,3-4H2,1-2H3. The third-order valence-electron chi connectivity index (χ3n) is 4.06. The van der Waals surface area contributed by atoms with Crippen molar-refractivity contribution in [1.82, 2.24) is 4.40 Å². The molecule has 0 atom stereocenters. The Morgan fingerprint density at radius 3 is 2.24 bits per heavy atom. The summed E-state index contributed by atoms with van der Waals surface area (Å²) in [6.45, 7) is 4.26. The first-order valence-electron chi connectivity index (χ1n) is 7.45. The molecular weight excluding hydrogens is 258 g/mol. The average molecular weight is 277 g/mol. The van der Waals surface area contributed by atoms with Crippen molar-refractivity contribution in [3.63, 3.8) is 0 Å². The summed E-state index contributed by atoms with van der Waals surface area (Å²) in [6, 6.07) is 14.7. The van der Waals surface area contributed by atoms with Gasteiger partial charge in [-0.15, -0.1) is 0 Å². The van der Waals surface area contributed by atoms with Crippen molar-refractivity contribution in [3.05, 3.63) is 65.5 Å². The Kier molecular flexibility index (Phi) is 3.61. The molecule has 0 amide bonds. The number of pyridine rings is 1. The summed E-state index contributed by atoms with van der Waals surface area (Å²) >= 11 is 0. The maximum absolute atomic E-state index is 11.6. The number of rotatable bonds is 4. The highest BCUT2D eigenvalue weighted by atomic mass is 16.1. The molecule has 106 valence electrons. The van der Waals surface area contributed by atoms with Crippen molar-refractivity contribution < 1.29 is 4.79 Å². The van der Waals surface area contributed by atoms with Crippen LogP contribution in [0.15, 0.2) is 48.7 Å². The predicted molar refractivity (Wildman–Crippen MR) is 87.0 cm³/mol. The van der Waals surface area contributed by atoms with Gasteiger partial charge in [0.25, 0.3) is 0 Å². The van der Waals surface area contributed by atoms with Crippen LogP contribution in [0.25, 0.3) is 16.6 Å². The maximum Gasteiger partial charge on any atom is 0.167 e. The average Bonchev–Trinajstić information content (AvgIpc) is 2.92. The van der Waals surface area contributed by atoms with Crippen LogP contribution in [0.3, 0.4) is 0 Å². The highest BCUT2D eigenvalue weighted by Crippen LogP contribution is 2.27. The Hall–Kier alpha value is -2.35. The third kappa shape index (κ3) is 2.38. The fraction of sp³-hybridized carbons (Fsp3) is 0.211. The molecule has 0 radical (unpaired) electrons. The van der Waals surface area contributed by atoms with Gasteiger partial charge in [0.2, 0.25) is 0 Å². The molecule has 0 aliphatic heterocycles. The minimum atomic E-state index is 0.726. The van der Waals surface area contributed by atoms with E-state index < -0.39 is 0 Å². The number of aromatic nitrogens is 1. The predicted octanol–water partition coefficient (Wildman–Crippen LogP) is 4.54. The summed E-state index contributed by atoms with van der Waals surface area (Å²) in [5.41, 5.74) is 6.42. The van der Waals surface area contributed by atoms with Gasteiger partial charge in [-0.25, -0.2) is 0 Å². The Balaban J connectivity index is 2.19. The van der Waals surface area contributed by atoms with E-state index in [1.807, 2.05) is 4.40 Å². The lowest BCUT2D eigenvalue weighted by Crippen LogP contribution is -1.94. The van der Waals surface area contributed by atoms with Crippen molar-refractivity contribution in [3.8, 4) is 11.1 Å². The van der Waals surface area contributed by atoms with E-state index in [1.54, 1.807) is 0 Å². The highest BCUT2D eigenvalue weighted by Gasteiger charge is 2.11. The lowest BCUT2D eigenvalue weighted by molar-refractivity contribution is 0.111. The Morgan fingerprint density at radius 1 is 0.952 bits per heavy atom. The van der Waals surface area contributed by atoms with Gasteiger partial charge in [0, 0.05) is 17.3 Å². The maximum atomic E-state index is 11.6. The number of aryl methyl sites for hydroxylation is 2. The number of carbonyl (C=O) groups is 1. The molecule has 2 heteroatoms. The molecule has 1 aromatic carbocycles. The SMILES string of the molecule is CCc1ccc(-c2cc3ccc(CC)cn3c2C=O)cc1. The molecule has 0 fully saturated rings. The van der Waals surface area contributed by atoms with Crippen LogP contribution < -0.4 is 0 Å². The molecule has 0 N–H and O–H groups in total. The molecule has 2 nitrogen and oxygen atoms in total. The fourth-order valence-electron chi connectivity index (χ4n) is 2.71. The van der Waals surface area contributed by atoms with Crippen molar-refractivity contribution in [2.24, 2.45) is 0 Å².